The van der Waals surface area contributed by atoms with Gasteiger partial charge in [0.25, 0.3) is 5.91 Å². The molecule has 1 heterocycles. The van der Waals surface area contributed by atoms with E-state index in [2.05, 4.69) is 10.4 Å². The van der Waals surface area contributed by atoms with E-state index in [1.165, 1.54) is 0 Å². The van der Waals surface area contributed by atoms with Gasteiger partial charge in [-0.25, -0.2) is 0 Å². The Morgan fingerprint density at radius 2 is 2.09 bits per heavy atom. The summed E-state index contributed by atoms with van der Waals surface area (Å²) in [5, 5.41) is 7.62. The standard InChI is InChI=1S/C16H20ClN3O2/c1-10(2)20-9-14(8-18-20)19-16(21)12(4)22-15-6-5-13(17)7-11(15)3/h5-10,12H,1-4H3,(H,19,21). The Balaban J connectivity index is 1.99. The van der Waals surface area contributed by atoms with Crippen molar-refractivity contribution in [1.82, 2.24) is 9.78 Å². The van der Waals surface area contributed by atoms with Crippen LogP contribution in [-0.2, 0) is 4.79 Å². The molecule has 2 rings (SSSR count). The van der Waals surface area contributed by atoms with Crippen LogP contribution in [0.3, 0.4) is 0 Å². The number of carbonyl (C=O) groups is 1. The van der Waals surface area contributed by atoms with E-state index in [0.29, 0.717) is 16.5 Å². The van der Waals surface area contributed by atoms with Crippen LogP contribution in [0.2, 0.25) is 5.02 Å². The van der Waals surface area contributed by atoms with Gasteiger partial charge in [0.15, 0.2) is 6.10 Å². The van der Waals surface area contributed by atoms with Crippen LogP contribution in [0.1, 0.15) is 32.4 Å². The number of amides is 1. The minimum Gasteiger partial charge on any atom is -0.481 e. The fraction of sp³-hybridized carbons (Fsp3) is 0.375. The molecule has 1 atom stereocenters. The van der Waals surface area contributed by atoms with Gasteiger partial charge in [0.05, 0.1) is 11.9 Å². The third kappa shape index (κ3) is 4.01. The highest BCUT2D eigenvalue weighted by atomic mass is 35.5. The van der Waals surface area contributed by atoms with Crippen LogP contribution >= 0.6 is 11.6 Å². The van der Waals surface area contributed by atoms with Crippen molar-refractivity contribution in [3.63, 3.8) is 0 Å². The SMILES string of the molecule is Cc1cc(Cl)ccc1OC(C)C(=O)Nc1cnn(C(C)C)c1. The molecule has 1 amide bonds. The van der Waals surface area contributed by atoms with E-state index in [0.717, 1.165) is 5.56 Å². The average Bonchev–Trinajstić information content (AvgIpc) is 2.90. The van der Waals surface area contributed by atoms with Gasteiger partial charge in [-0.15, -0.1) is 0 Å². The van der Waals surface area contributed by atoms with Gasteiger partial charge in [0.2, 0.25) is 0 Å². The molecule has 1 aromatic heterocycles. The molecule has 0 saturated heterocycles. The molecule has 0 aliphatic heterocycles. The summed E-state index contributed by atoms with van der Waals surface area (Å²) in [7, 11) is 0. The molecule has 2 aromatic rings. The molecule has 0 bridgehead atoms. The predicted octanol–water partition coefficient (Wildman–Crippen LogP) is 3.83. The van der Waals surface area contributed by atoms with Crippen molar-refractivity contribution >= 4 is 23.2 Å². The third-order valence-corrected chi connectivity index (χ3v) is 3.44. The van der Waals surface area contributed by atoms with E-state index in [1.54, 1.807) is 42.2 Å². The summed E-state index contributed by atoms with van der Waals surface area (Å²) in [6.07, 6.45) is 2.79. The molecule has 1 N–H and O–H groups in total. The molecular weight excluding hydrogens is 302 g/mol. The monoisotopic (exact) mass is 321 g/mol. The van der Waals surface area contributed by atoms with Gasteiger partial charge in [0, 0.05) is 17.3 Å². The molecule has 5 nitrogen and oxygen atoms in total. The number of ether oxygens (including phenoxy) is 1. The average molecular weight is 322 g/mol. The molecule has 0 aliphatic carbocycles. The normalized spacial score (nSPS) is 12.3. The minimum absolute atomic E-state index is 0.224. The quantitative estimate of drug-likeness (QED) is 0.910. The lowest BCUT2D eigenvalue weighted by Gasteiger charge is -2.15. The van der Waals surface area contributed by atoms with E-state index in [-0.39, 0.29) is 11.9 Å². The van der Waals surface area contributed by atoms with Gasteiger partial charge in [-0.3, -0.25) is 9.48 Å². The zero-order valence-electron chi connectivity index (χ0n) is 13.1. The van der Waals surface area contributed by atoms with Crippen LogP contribution in [0.5, 0.6) is 5.75 Å². The van der Waals surface area contributed by atoms with Crippen molar-refractivity contribution in [2.24, 2.45) is 0 Å². The Morgan fingerprint density at radius 1 is 1.36 bits per heavy atom. The fourth-order valence-electron chi connectivity index (χ4n) is 1.92. The highest BCUT2D eigenvalue weighted by Gasteiger charge is 2.17. The topological polar surface area (TPSA) is 56.1 Å². The number of hydrogen-bond acceptors (Lipinski definition) is 3. The second kappa shape index (κ2) is 6.83. The third-order valence-electron chi connectivity index (χ3n) is 3.21. The molecule has 1 unspecified atom stereocenters. The van der Waals surface area contributed by atoms with Crippen LogP contribution in [-0.4, -0.2) is 21.8 Å². The number of carbonyl (C=O) groups excluding carboxylic acids is 1. The maximum Gasteiger partial charge on any atom is 0.265 e. The summed E-state index contributed by atoms with van der Waals surface area (Å²) in [4.78, 5) is 12.2. The first kappa shape index (κ1) is 16.4. The van der Waals surface area contributed by atoms with E-state index in [9.17, 15) is 4.79 Å². The molecule has 22 heavy (non-hydrogen) atoms. The second-order valence-corrected chi connectivity index (χ2v) is 5.90. The summed E-state index contributed by atoms with van der Waals surface area (Å²) in [5.74, 6) is 0.419. The van der Waals surface area contributed by atoms with Gasteiger partial charge >= 0.3 is 0 Å². The first-order valence-corrected chi connectivity index (χ1v) is 7.52. The molecule has 0 spiro atoms. The zero-order chi connectivity index (χ0) is 16.3. The van der Waals surface area contributed by atoms with Gasteiger partial charge in [-0.1, -0.05) is 11.6 Å². The van der Waals surface area contributed by atoms with E-state index < -0.39 is 6.10 Å². The first-order chi connectivity index (χ1) is 10.4. The highest BCUT2D eigenvalue weighted by molar-refractivity contribution is 6.30. The maximum absolute atomic E-state index is 12.2. The minimum atomic E-state index is -0.623. The molecule has 0 fully saturated rings. The van der Waals surface area contributed by atoms with Crippen molar-refractivity contribution < 1.29 is 9.53 Å². The lowest BCUT2D eigenvalue weighted by atomic mass is 10.2. The maximum atomic E-state index is 12.2. The lowest BCUT2D eigenvalue weighted by molar-refractivity contribution is -0.122. The van der Waals surface area contributed by atoms with E-state index in [4.69, 9.17) is 16.3 Å². The Hall–Kier alpha value is -2.01. The molecule has 1 aromatic carbocycles. The van der Waals surface area contributed by atoms with Crippen molar-refractivity contribution in [3.8, 4) is 5.75 Å². The number of benzene rings is 1. The van der Waals surface area contributed by atoms with Gasteiger partial charge < -0.3 is 10.1 Å². The zero-order valence-corrected chi connectivity index (χ0v) is 13.9. The molecule has 0 saturated carbocycles. The Kier molecular flexibility index (Phi) is 5.08. The molecule has 6 heteroatoms. The van der Waals surface area contributed by atoms with E-state index in [1.807, 2.05) is 20.8 Å². The number of halogens is 1. The van der Waals surface area contributed by atoms with Gasteiger partial charge in [-0.2, -0.15) is 5.10 Å². The van der Waals surface area contributed by atoms with E-state index >= 15 is 0 Å². The summed E-state index contributed by atoms with van der Waals surface area (Å²) >= 11 is 5.91. The molecule has 0 radical (unpaired) electrons. The fourth-order valence-corrected chi connectivity index (χ4v) is 2.14. The van der Waals surface area contributed by atoms with Crippen molar-refractivity contribution in [3.05, 3.63) is 41.2 Å². The first-order valence-electron chi connectivity index (χ1n) is 7.14. The number of rotatable bonds is 5. The highest BCUT2D eigenvalue weighted by Crippen LogP contribution is 2.23. The summed E-state index contributed by atoms with van der Waals surface area (Å²) < 4.78 is 7.47. The number of hydrogen-bond donors (Lipinski definition) is 1. The smallest absolute Gasteiger partial charge is 0.265 e. The van der Waals surface area contributed by atoms with Crippen LogP contribution in [0.4, 0.5) is 5.69 Å². The predicted molar refractivity (Wildman–Crippen MR) is 87.5 cm³/mol. The van der Waals surface area contributed by atoms with Crippen molar-refractivity contribution in [2.45, 2.75) is 39.8 Å². The summed E-state index contributed by atoms with van der Waals surface area (Å²) in [6, 6.07) is 5.55. The van der Waals surface area contributed by atoms with Crippen LogP contribution in [0, 0.1) is 6.92 Å². The Bertz CT molecular complexity index is 667. The van der Waals surface area contributed by atoms with Gasteiger partial charge in [-0.05, 0) is 51.5 Å². The lowest BCUT2D eigenvalue weighted by Crippen LogP contribution is -2.30. The number of aromatic nitrogens is 2. The van der Waals surface area contributed by atoms with Crippen molar-refractivity contribution in [2.75, 3.05) is 5.32 Å². The molecule has 118 valence electrons. The van der Waals surface area contributed by atoms with Crippen LogP contribution in [0.15, 0.2) is 30.6 Å². The summed E-state index contributed by atoms with van der Waals surface area (Å²) in [5.41, 5.74) is 1.54. The Morgan fingerprint density at radius 3 is 2.68 bits per heavy atom. The second-order valence-electron chi connectivity index (χ2n) is 5.46. The van der Waals surface area contributed by atoms with Crippen molar-refractivity contribution in [1.29, 1.82) is 0 Å². The largest absolute Gasteiger partial charge is 0.481 e. The Labute approximate surface area is 135 Å². The van der Waals surface area contributed by atoms with Crippen LogP contribution in [0.25, 0.3) is 0 Å². The number of anilines is 1. The molecule has 0 aliphatic rings. The molecular formula is C16H20ClN3O2. The number of aryl methyl sites for hydroxylation is 1. The van der Waals surface area contributed by atoms with Crippen LogP contribution < -0.4 is 10.1 Å². The number of nitrogens with one attached hydrogen (secondary N) is 1. The number of nitrogens with zero attached hydrogens (tertiary/aromatic N) is 2. The summed E-state index contributed by atoms with van der Waals surface area (Å²) in [6.45, 7) is 7.63. The van der Waals surface area contributed by atoms with Gasteiger partial charge in [0.1, 0.15) is 5.75 Å².